The second-order valence-electron chi connectivity index (χ2n) is 6.05. The minimum Gasteiger partial charge on any atom is -0.332 e. The number of rotatable bonds is 4. The van der Waals surface area contributed by atoms with Gasteiger partial charge in [0.05, 0.1) is 11.0 Å². The van der Waals surface area contributed by atoms with E-state index in [1.165, 1.54) is 11.6 Å². The van der Waals surface area contributed by atoms with E-state index in [0.29, 0.717) is 26.0 Å². The normalized spacial score (nSPS) is 10.7. The molecule has 0 aliphatic heterocycles. The van der Waals surface area contributed by atoms with Crippen molar-refractivity contribution < 1.29 is 4.39 Å². The Labute approximate surface area is 175 Å². The molecule has 0 radical (unpaired) electrons. The van der Waals surface area contributed by atoms with E-state index in [0.717, 1.165) is 11.3 Å². The summed E-state index contributed by atoms with van der Waals surface area (Å²) < 4.78 is 16.3. The quantitative estimate of drug-likeness (QED) is 0.468. The molecular weight excluding hydrogens is 451 g/mol. The Hall–Kier alpha value is -1.96. The van der Waals surface area contributed by atoms with Crippen molar-refractivity contribution in [3.63, 3.8) is 0 Å². The SMILES string of the molecule is Cc1cccc(NC(=S)Nc2nn(Cc3c(F)cccc3Cl)cc2Br)c1C. The van der Waals surface area contributed by atoms with Gasteiger partial charge in [0, 0.05) is 22.5 Å². The third-order valence-electron chi connectivity index (χ3n) is 4.18. The van der Waals surface area contributed by atoms with Gasteiger partial charge in [0.15, 0.2) is 10.9 Å². The predicted molar refractivity (Wildman–Crippen MR) is 116 cm³/mol. The molecule has 0 fully saturated rings. The van der Waals surface area contributed by atoms with Crippen LogP contribution >= 0.6 is 39.7 Å². The first-order valence-electron chi connectivity index (χ1n) is 8.15. The zero-order valence-electron chi connectivity index (χ0n) is 14.7. The molecule has 2 N–H and O–H groups in total. The van der Waals surface area contributed by atoms with Crippen molar-refractivity contribution in [2.24, 2.45) is 0 Å². The van der Waals surface area contributed by atoms with Gasteiger partial charge in [0.2, 0.25) is 0 Å². The van der Waals surface area contributed by atoms with Crippen molar-refractivity contribution in [1.82, 2.24) is 9.78 Å². The molecule has 0 atom stereocenters. The number of thiocarbonyl (C=S) groups is 1. The molecule has 0 amide bonds. The topological polar surface area (TPSA) is 41.9 Å². The van der Waals surface area contributed by atoms with Gasteiger partial charge in [-0.2, -0.15) is 5.10 Å². The average Bonchev–Trinajstić information content (AvgIpc) is 2.95. The summed E-state index contributed by atoms with van der Waals surface area (Å²) in [5.74, 6) is 0.168. The summed E-state index contributed by atoms with van der Waals surface area (Å²) in [6, 6.07) is 10.6. The zero-order valence-corrected chi connectivity index (χ0v) is 17.8. The Morgan fingerprint density at radius 3 is 2.70 bits per heavy atom. The maximum absolute atomic E-state index is 14.0. The average molecular weight is 468 g/mol. The van der Waals surface area contributed by atoms with Crippen molar-refractivity contribution in [3.8, 4) is 0 Å². The number of halogens is 3. The van der Waals surface area contributed by atoms with Gasteiger partial charge < -0.3 is 10.6 Å². The maximum atomic E-state index is 14.0. The molecule has 1 heterocycles. The Morgan fingerprint density at radius 2 is 1.96 bits per heavy atom. The zero-order chi connectivity index (χ0) is 19.6. The Morgan fingerprint density at radius 1 is 1.22 bits per heavy atom. The molecule has 0 unspecified atom stereocenters. The Balaban J connectivity index is 1.73. The van der Waals surface area contributed by atoms with Crippen LogP contribution in [0.4, 0.5) is 15.9 Å². The highest BCUT2D eigenvalue weighted by molar-refractivity contribution is 9.10. The van der Waals surface area contributed by atoms with Crippen LogP contribution in [0, 0.1) is 19.7 Å². The van der Waals surface area contributed by atoms with Gasteiger partial charge in [-0.05, 0) is 71.3 Å². The third-order valence-corrected chi connectivity index (χ3v) is 5.32. The van der Waals surface area contributed by atoms with Gasteiger partial charge in [0.25, 0.3) is 0 Å². The fourth-order valence-corrected chi connectivity index (χ4v) is 3.40. The van der Waals surface area contributed by atoms with Crippen molar-refractivity contribution in [2.75, 3.05) is 10.6 Å². The van der Waals surface area contributed by atoms with Crippen LogP contribution in [0.25, 0.3) is 0 Å². The second-order valence-corrected chi connectivity index (χ2v) is 7.72. The molecular formula is C19H17BrClFN4S. The lowest BCUT2D eigenvalue weighted by Gasteiger charge is -2.13. The van der Waals surface area contributed by atoms with Crippen LogP contribution in [0.5, 0.6) is 0 Å². The lowest BCUT2D eigenvalue weighted by Crippen LogP contribution is -2.20. The summed E-state index contributed by atoms with van der Waals surface area (Å²) in [4.78, 5) is 0. The molecule has 0 saturated heterocycles. The lowest BCUT2D eigenvalue weighted by molar-refractivity contribution is 0.586. The van der Waals surface area contributed by atoms with Gasteiger partial charge in [-0.1, -0.05) is 29.8 Å². The summed E-state index contributed by atoms with van der Waals surface area (Å²) in [5.41, 5.74) is 3.62. The number of aromatic nitrogens is 2. The van der Waals surface area contributed by atoms with E-state index in [-0.39, 0.29) is 12.4 Å². The Kier molecular flexibility index (Phi) is 6.14. The first-order chi connectivity index (χ1) is 12.8. The minimum absolute atomic E-state index is 0.211. The molecule has 0 bridgehead atoms. The van der Waals surface area contributed by atoms with Crippen molar-refractivity contribution in [2.45, 2.75) is 20.4 Å². The van der Waals surface area contributed by atoms with E-state index in [1.807, 2.05) is 32.0 Å². The third kappa shape index (κ3) is 4.66. The van der Waals surface area contributed by atoms with Crippen LogP contribution in [0.15, 0.2) is 47.1 Å². The van der Waals surface area contributed by atoms with Crippen LogP contribution < -0.4 is 10.6 Å². The minimum atomic E-state index is -0.365. The number of hydrogen-bond acceptors (Lipinski definition) is 2. The maximum Gasteiger partial charge on any atom is 0.176 e. The molecule has 3 rings (SSSR count). The van der Waals surface area contributed by atoms with E-state index in [2.05, 4.69) is 31.7 Å². The van der Waals surface area contributed by atoms with Crippen LogP contribution in [0.1, 0.15) is 16.7 Å². The molecule has 0 aliphatic rings. The van der Waals surface area contributed by atoms with Crippen molar-refractivity contribution in [3.05, 3.63) is 74.6 Å². The summed E-state index contributed by atoms with van der Waals surface area (Å²) in [6.07, 6.45) is 1.74. The van der Waals surface area contributed by atoms with Crippen LogP contribution in [-0.2, 0) is 6.54 Å². The first-order valence-corrected chi connectivity index (χ1v) is 9.73. The summed E-state index contributed by atoms with van der Waals surface area (Å²) in [5, 5.41) is 11.4. The van der Waals surface area contributed by atoms with E-state index in [1.54, 1.807) is 23.0 Å². The van der Waals surface area contributed by atoms with Crippen LogP contribution in [0.2, 0.25) is 5.02 Å². The largest absolute Gasteiger partial charge is 0.332 e. The highest BCUT2D eigenvalue weighted by Gasteiger charge is 2.13. The number of anilines is 2. The van der Waals surface area contributed by atoms with E-state index in [4.69, 9.17) is 23.8 Å². The number of hydrogen-bond donors (Lipinski definition) is 2. The predicted octanol–water partition coefficient (Wildman–Crippen LogP) is 5.91. The molecule has 0 spiro atoms. The summed E-state index contributed by atoms with van der Waals surface area (Å²) in [7, 11) is 0. The summed E-state index contributed by atoms with van der Waals surface area (Å²) >= 11 is 14.9. The van der Waals surface area contributed by atoms with Crippen LogP contribution in [-0.4, -0.2) is 14.9 Å². The molecule has 2 aromatic carbocycles. The molecule has 1 aromatic heterocycles. The molecule has 0 aliphatic carbocycles. The van der Waals surface area contributed by atoms with Crippen molar-refractivity contribution >= 4 is 56.4 Å². The highest BCUT2D eigenvalue weighted by Crippen LogP contribution is 2.24. The first kappa shape index (κ1) is 19.8. The highest BCUT2D eigenvalue weighted by atomic mass is 79.9. The van der Waals surface area contributed by atoms with E-state index in [9.17, 15) is 4.39 Å². The molecule has 8 heteroatoms. The van der Waals surface area contributed by atoms with Crippen molar-refractivity contribution in [1.29, 1.82) is 0 Å². The van der Waals surface area contributed by atoms with E-state index < -0.39 is 0 Å². The molecule has 0 saturated carbocycles. The van der Waals surface area contributed by atoms with Gasteiger partial charge in [-0.3, -0.25) is 4.68 Å². The number of nitrogens with zero attached hydrogens (tertiary/aromatic N) is 2. The smallest absolute Gasteiger partial charge is 0.176 e. The monoisotopic (exact) mass is 466 g/mol. The number of nitrogens with one attached hydrogen (secondary N) is 2. The molecule has 140 valence electrons. The molecule has 3 aromatic rings. The Bertz CT molecular complexity index is 985. The summed E-state index contributed by atoms with van der Waals surface area (Å²) in [6.45, 7) is 4.29. The number of aryl methyl sites for hydroxylation is 1. The van der Waals surface area contributed by atoms with Gasteiger partial charge >= 0.3 is 0 Å². The van der Waals surface area contributed by atoms with Crippen LogP contribution in [0.3, 0.4) is 0 Å². The standard InChI is InChI=1S/C19H17BrClFN4S/c1-11-5-3-8-17(12(11)2)23-19(27)24-18-14(20)10-26(25-18)9-13-15(21)6-4-7-16(13)22/h3-8,10H,9H2,1-2H3,(H2,23,24,25,27). The van der Waals surface area contributed by atoms with Gasteiger partial charge in [-0.25, -0.2) is 4.39 Å². The second kappa shape index (κ2) is 8.37. The lowest BCUT2D eigenvalue weighted by atomic mass is 10.1. The molecule has 27 heavy (non-hydrogen) atoms. The number of benzene rings is 2. The van der Waals surface area contributed by atoms with E-state index >= 15 is 0 Å². The van der Waals surface area contributed by atoms with Gasteiger partial charge in [0.1, 0.15) is 5.82 Å². The molecule has 4 nitrogen and oxygen atoms in total. The van der Waals surface area contributed by atoms with Gasteiger partial charge in [-0.15, -0.1) is 0 Å². The fourth-order valence-electron chi connectivity index (χ4n) is 2.56. The fraction of sp³-hybridized carbons (Fsp3) is 0.158.